The molecule has 2 N–H and O–H groups in total. The molecular weight excluding hydrogens is 331 g/mol. The van der Waals surface area contributed by atoms with E-state index in [1.54, 1.807) is 24.4 Å². The Hall–Kier alpha value is -2.30. The van der Waals surface area contributed by atoms with Crippen LogP contribution in [0.15, 0.2) is 60.8 Å². The number of rotatable bonds is 5. The molecule has 0 unspecified atom stereocenters. The molecule has 0 aliphatic carbocycles. The second-order valence-corrected chi connectivity index (χ2v) is 5.70. The zero-order valence-electron chi connectivity index (χ0n) is 12.1. The van der Waals surface area contributed by atoms with E-state index in [1.807, 2.05) is 36.4 Å². The van der Waals surface area contributed by atoms with Crippen molar-refractivity contribution in [2.75, 3.05) is 10.6 Å². The van der Waals surface area contributed by atoms with Gasteiger partial charge in [-0.2, -0.15) is 4.98 Å². The fourth-order valence-electron chi connectivity index (χ4n) is 2.02. The first-order valence-electron chi connectivity index (χ1n) is 7.03. The fourth-order valence-corrected chi connectivity index (χ4v) is 2.48. The lowest BCUT2D eigenvalue weighted by atomic mass is 10.2. The van der Waals surface area contributed by atoms with Crippen molar-refractivity contribution < 1.29 is 0 Å². The van der Waals surface area contributed by atoms with Crippen LogP contribution in [0, 0.1) is 0 Å². The number of hydrogen-bond acceptors (Lipinski definition) is 4. The van der Waals surface area contributed by atoms with E-state index in [1.165, 1.54) is 0 Å². The standard InChI is InChI=1S/C17H14Cl2N4/c18-13-6-7-15(14(19)10-13)22-16-8-9-20-17(23-16)21-11-12-4-2-1-3-5-12/h1-10H,11H2,(H2,20,21,22,23). The molecule has 6 heteroatoms. The van der Waals surface area contributed by atoms with Gasteiger partial charge >= 0.3 is 0 Å². The van der Waals surface area contributed by atoms with Crippen molar-refractivity contribution in [1.29, 1.82) is 0 Å². The topological polar surface area (TPSA) is 49.8 Å². The van der Waals surface area contributed by atoms with Crippen LogP contribution in [0.5, 0.6) is 0 Å². The number of halogens is 2. The van der Waals surface area contributed by atoms with Crippen molar-refractivity contribution in [3.05, 3.63) is 76.4 Å². The monoisotopic (exact) mass is 344 g/mol. The number of nitrogens with zero attached hydrogens (tertiary/aromatic N) is 2. The van der Waals surface area contributed by atoms with Crippen LogP contribution >= 0.6 is 23.2 Å². The number of hydrogen-bond donors (Lipinski definition) is 2. The highest BCUT2D eigenvalue weighted by Crippen LogP contribution is 2.27. The van der Waals surface area contributed by atoms with Gasteiger partial charge in [0.1, 0.15) is 5.82 Å². The van der Waals surface area contributed by atoms with Gasteiger partial charge in [0.15, 0.2) is 0 Å². The van der Waals surface area contributed by atoms with Crippen LogP contribution in [0.1, 0.15) is 5.56 Å². The van der Waals surface area contributed by atoms with Crippen LogP contribution in [0.25, 0.3) is 0 Å². The highest BCUT2D eigenvalue weighted by atomic mass is 35.5. The summed E-state index contributed by atoms with van der Waals surface area (Å²) in [7, 11) is 0. The Morgan fingerprint density at radius 2 is 1.78 bits per heavy atom. The Morgan fingerprint density at radius 1 is 0.957 bits per heavy atom. The zero-order chi connectivity index (χ0) is 16.1. The van der Waals surface area contributed by atoms with Crippen molar-refractivity contribution in [3.8, 4) is 0 Å². The Balaban J connectivity index is 1.69. The SMILES string of the molecule is Clc1ccc(Nc2ccnc(NCc3ccccc3)n2)c(Cl)c1. The van der Waals surface area contributed by atoms with Crippen molar-refractivity contribution in [3.63, 3.8) is 0 Å². The largest absolute Gasteiger partial charge is 0.350 e. The summed E-state index contributed by atoms with van der Waals surface area (Å²) in [5, 5.41) is 7.48. The van der Waals surface area contributed by atoms with Gasteiger partial charge < -0.3 is 10.6 Å². The van der Waals surface area contributed by atoms with Gasteiger partial charge in [0.25, 0.3) is 0 Å². The lowest BCUT2D eigenvalue weighted by Crippen LogP contribution is -2.04. The third kappa shape index (κ3) is 4.34. The van der Waals surface area contributed by atoms with Crippen LogP contribution in [-0.4, -0.2) is 9.97 Å². The Kier molecular flexibility index (Phi) is 4.95. The summed E-state index contributed by atoms with van der Waals surface area (Å²) in [5.74, 6) is 1.20. The van der Waals surface area contributed by atoms with Gasteiger partial charge in [0.05, 0.1) is 10.7 Å². The van der Waals surface area contributed by atoms with Crippen molar-refractivity contribution >= 4 is 40.7 Å². The predicted octanol–water partition coefficient (Wildman–Crippen LogP) is 5.14. The van der Waals surface area contributed by atoms with Crippen LogP contribution < -0.4 is 10.6 Å². The third-order valence-corrected chi connectivity index (χ3v) is 3.69. The molecule has 2 aromatic carbocycles. The van der Waals surface area contributed by atoms with Gasteiger partial charge in [0, 0.05) is 17.8 Å². The van der Waals surface area contributed by atoms with Gasteiger partial charge in [0.2, 0.25) is 5.95 Å². The molecule has 0 spiro atoms. The van der Waals surface area contributed by atoms with Crippen LogP contribution in [0.2, 0.25) is 10.0 Å². The molecule has 0 aliphatic heterocycles. The van der Waals surface area contributed by atoms with Gasteiger partial charge in [-0.05, 0) is 29.8 Å². The number of nitrogens with one attached hydrogen (secondary N) is 2. The Labute approximate surface area is 144 Å². The highest BCUT2D eigenvalue weighted by molar-refractivity contribution is 6.36. The van der Waals surface area contributed by atoms with Gasteiger partial charge in [-0.15, -0.1) is 0 Å². The second kappa shape index (κ2) is 7.31. The molecule has 23 heavy (non-hydrogen) atoms. The van der Waals surface area contributed by atoms with E-state index in [2.05, 4.69) is 20.6 Å². The highest BCUT2D eigenvalue weighted by Gasteiger charge is 2.04. The molecule has 4 nitrogen and oxygen atoms in total. The van der Waals surface area contributed by atoms with Crippen LogP contribution in [0.3, 0.4) is 0 Å². The summed E-state index contributed by atoms with van der Waals surface area (Å²) in [5.41, 5.74) is 1.90. The average molecular weight is 345 g/mol. The van der Waals surface area contributed by atoms with Crippen molar-refractivity contribution in [2.45, 2.75) is 6.54 Å². The fraction of sp³-hybridized carbons (Fsp3) is 0.0588. The molecule has 116 valence electrons. The molecule has 0 radical (unpaired) electrons. The predicted molar refractivity (Wildman–Crippen MR) is 95.5 cm³/mol. The van der Waals surface area contributed by atoms with Gasteiger partial charge in [-0.25, -0.2) is 4.98 Å². The molecule has 0 atom stereocenters. The summed E-state index contributed by atoms with van der Waals surface area (Å²) in [4.78, 5) is 8.64. The molecule has 0 fully saturated rings. The van der Waals surface area contributed by atoms with Gasteiger partial charge in [-0.1, -0.05) is 53.5 Å². The van der Waals surface area contributed by atoms with E-state index in [0.29, 0.717) is 28.4 Å². The normalized spacial score (nSPS) is 10.3. The number of aromatic nitrogens is 2. The first kappa shape index (κ1) is 15.6. The minimum absolute atomic E-state index is 0.537. The second-order valence-electron chi connectivity index (χ2n) is 4.85. The van der Waals surface area contributed by atoms with Crippen LogP contribution in [-0.2, 0) is 6.54 Å². The molecule has 3 aromatic rings. The zero-order valence-corrected chi connectivity index (χ0v) is 13.6. The maximum atomic E-state index is 6.15. The van der Waals surface area contributed by atoms with Crippen LogP contribution in [0.4, 0.5) is 17.5 Å². The summed E-state index contributed by atoms with van der Waals surface area (Å²) in [6, 6.07) is 17.1. The van der Waals surface area contributed by atoms with Gasteiger partial charge in [-0.3, -0.25) is 0 Å². The molecule has 0 amide bonds. The Bertz CT molecular complexity index is 794. The van der Waals surface area contributed by atoms with E-state index in [4.69, 9.17) is 23.2 Å². The lowest BCUT2D eigenvalue weighted by Gasteiger charge is -2.10. The van der Waals surface area contributed by atoms with E-state index in [9.17, 15) is 0 Å². The first-order valence-corrected chi connectivity index (χ1v) is 7.79. The quantitative estimate of drug-likeness (QED) is 0.672. The van der Waals surface area contributed by atoms with E-state index in [-0.39, 0.29) is 0 Å². The Morgan fingerprint density at radius 3 is 2.57 bits per heavy atom. The molecule has 0 bridgehead atoms. The summed E-state index contributed by atoms with van der Waals surface area (Å²) < 4.78 is 0. The maximum Gasteiger partial charge on any atom is 0.224 e. The molecule has 0 aliphatic rings. The summed E-state index contributed by atoms with van der Waals surface area (Å²) in [6.45, 7) is 0.659. The minimum atomic E-state index is 0.537. The first-order chi connectivity index (χ1) is 11.2. The van der Waals surface area contributed by atoms with E-state index in [0.717, 1.165) is 11.3 Å². The van der Waals surface area contributed by atoms with E-state index >= 15 is 0 Å². The summed E-state index contributed by atoms with van der Waals surface area (Å²) in [6.07, 6.45) is 1.69. The summed E-state index contributed by atoms with van der Waals surface area (Å²) >= 11 is 12.1. The molecule has 1 heterocycles. The third-order valence-electron chi connectivity index (χ3n) is 3.14. The number of benzene rings is 2. The van der Waals surface area contributed by atoms with Crippen molar-refractivity contribution in [2.24, 2.45) is 0 Å². The molecule has 1 aromatic heterocycles. The minimum Gasteiger partial charge on any atom is -0.350 e. The smallest absolute Gasteiger partial charge is 0.224 e. The maximum absolute atomic E-state index is 6.15. The van der Waals surface area contributed by atoms with Crippen molar-refractivity contribution in [1.82, 2.24) is 9.97 Å². The molecule has 0 saturated carbocycles. The average Bonchev–Trinajstić information content (AvgIpc) is 2.57. The molecule has 3 rings (SSSR count). The number of anilines is 3. The lowest BCUT2D eigenvalue weighted by molar-refractivity contribution is 1.06. The molecule has 0 saturated heterocycles. The molecular formula is C17H14Cl2N4. The van der Waals surface area contributed by atoms with E-state index < -0.39 is 0 Å².